The third-order valence-corrected chi connectivity index (χ3v) is 3.47. The van der Waals surface area contributed by atoms with Crippen molar-refractivity contribution in [3.8, 4) is 0 Å². The van der Waals surface area contributed by atoms with Gasteiger partial charge in [0.05, 0.1) is 5.56 Å². The monoisotopic (exact) mass is 321 g/mol. The van der Waals surface area contributed by atoms with Crippen molar-refractivity contribution in [1.82, 2.24) is 15.1 Å². The summed E-state index contributed by atoms with van der Waals surface area (Å²) in [5.41, 5.74) is 1.75. The molecule has 19 heavy (non-hydrogen) atoms. The molecule has 1 aromatic carbocycles. The molecule has 1 N–H and O–H groups in total. The molecule has 4 nitrogen and oxygen atoms in total. The maximum atomic E-state index is 12.0. The molecule has 0 bridgehead atoms. The van der Waals surface area contributed by atoms with E-state index in [0.717, 1.165) is 23.0 Å². The van der Waals surface area contributed by atoms with Gasteiger partial charge in [0.2, 0.25) is 0 Å². The molecule has 2 aromatic rings. The van der Waals surface area contributed by atoms with E-state index in [4.69, 9.17) is 0 Å². The average Bonchev–Trinajstić information content (AvgIpc) is 2.90. The molecule has 1 aromatic heterocycles. The van der Waals surface area contributed by atoms with E-state index in [2.05, 4.69) is 26.3 Å². The van der Waals surface area contributed by atoms with Crippen molar-refractivity contribution in [2.24, 2.45) is 0 Å². The van der Waals surface area contributed by atoms with Crippen LogP contribution in [0.15, 0.2) is 41.1 Å². The first-order chi connectivity index (χ1) is 9.16. The third kappa shape index (κ3) is 3.92. The number of hydrogen-bond donors (Lipinski definition) is 1. The normalized spacial score (nSPS) is 10.4. The Bertz CT molecular complexity index is 552. The fraction of sp³-hybridized carbons (Fsp3) is 0.286. The lowest BCUT2D eigenvalue weighted by Gasteiger charge is -2.08. The molecule has 100 valence electrons. The van der Waals surface area contributed by atoms with E-state index in [1.165, 1.54) is 0 Å². The van der Waals surface area contributed by atoms with E-state index in [-0.39, 0.29) is 5.91 Å². The van der Waals surface area contributed by atoms with Gasteiger partial charge in [0.15, 0.2) is 0 Å². The predicted octanol–water partition coefficient (Wildman–Crippen LogP) is 2.77. The zero-order valence-electron chi connectivity index (χ0n) is 10.8. The Morgan fingerprint density at radius 1 is 1.47 bits per heavy atom. The van der Waals surface area contributed by atoms with Crippen molar-refractivity contribution in [3.05, 3.63) is 52.3 Å². The summed E-state index contributed by atoms with van der Waals surface area (Å²) < 4.78 is 2.68. The van der Waals surface area contributed by atoms with Crippen molar-refractivity contribution in [3.63, 3.8) is 0 Å². The number of carbonyl (C=O) groups is 1. The summed E-state index contributed by atoms with van der Waals surface area (Å²) in [5, 5.41) is 7.03. The molecule has 0 unspecified atom stereocenters. The van der Waals surface area contributed by atoms with Crippen LogP contribution in [0.25, 0.3) is 0 Å². The molecule has 0 saturated carbocycles. The SMILES string of the molecule is Cc1ccc(Br)c(C(=O)NCCCn2cccn2)c1. The minimum atomic E-state index is -0.0453. The van der Waals surface area contributed by atoms with Gasteiger partial charge in [-0.15, -0.1) is 0 Å². The van der Waals surface area contributed by atoms with Gasteiger partial charge in [-0.3, -0.25) is 9.48 Å². The summed E-state index contributed by atoms with van der Waals surface area (Å²) >= 11 is 3.40. The predicted molar refractivity (Wildman–Crippen MR) is 78.1 cm³/mol. The molecular formula is C14H16BrN3O. The molecule has 0 radical (unpaired) electrons. The summed E-state index contributed by atoms with van der Waals surface area (Å²) in [5.74, 6) is -0.0453. The second kappa shape index (κ2) is 6.52. The maximum absolute atomic E-state index is 12.0. The molecule has 1 amide bonds. The second-order valence-corrected chi connectivity index (χ2v) is 5.22. The quantitative estimate of drug-likeness (QED) is 0.861. The molecule has 0 saturated heterocycles. The minimum Gasteiger partial charge on any atom is -0.352 e. The summed E-state index contributed by atoms with van der Waals surface area (Å²) in [7, 11) is 0. The lowest BCUT2D eigenvalue weighted by atomic mass is 10.1. The van der Waals surface area contributed by atoms with Gasteiger partial charge in [-0.05, 0) is 47.5 Å². The van der Waals surface area contributed by atoms with Gasteiger partial charge in [-0.25, -0.2) is 0 Å². The molecule has 0 aliphatic heterocycles. The number of halogens is 1. The number of aromatic nitrogens is 2. The highest BCUT2D eigenvalue weighted by atomic mass is 79.9. The highest BCUT2D eigenvalue weighted by Crippen LogP contribution is 2.17. The third-order valence-electron chi connectivity index (χ3n) is 2.78. The second-order valence-electron chi connectivity index (χ2n) is 4.36. The lowest BCUT2D eigenvalue weighted by Crippen LogP contribution is -2.25. The van der Waals surface area contributed by atoms with E-state index < -0.39 is 0 Å². The van der Waals surface area contributed by atoms with Crippen LogP contribution in [-0.4, -0.2) is 22.2 Å². The van der Waals surface area contributed by atoms with Gasteiger partial charge in [0.1, 0.15) is 0 Å². The van der Waals surface area contributed by atoms with Crippen LogP contribution >= 0.6 is 15.9 Å². The van der Waals surface area contributed by atoms with Crippen molar-refractivity contribution >= 4 is 21.8 Å². The Labute approximate surface area is 120 Å². The summed E-state index contributed by atoms with van der Waals surface area (Å²) in [6, 6.07) is 7.64. The summed E-state index contributed by atoms with van der Waals surface area (Å²) in [6.07, 6.45) is 4.53. The van der Waals surface area contributed by atoms with Crippen molar-refractivity contribution < 1.29 is 4.79 Å². The first-order valence-electron chi connectivity index (χ1n) is 6.18. The Balaban J connectivity index is 1.82. The minimum absolute atomic E-state index is 0.0453. The molecule has 0 aliphatic carbocycles. The molecule has 2 rings (SSSR count). The number of rotatable bonds is 5. The summed E-state index contributed by atoms with van der Waals surface area (Å²) in [4.78, 5) is 12.0. The Morgan fingerprint density at radius 2 is 2.32 bits per heavy atom. The number of benzene rings is 1. The van der Waals surface area contributed by atoms with Crippen LogP contribution in [0.3, 0.4) is 0 Å². The number of nitrogens with one attached hydrogen (secondary N) is 1. The fourth-order valence-corrected chi connectivity index (χ4v) is 2.21. The van der Waals surface area contributed by atoms with Gasteiger partial charge in [0.25, 0.3) is 5.91 Å². The number of amides is 1. The van der Waals surface area contributed by atoms with Crippen LogP contribution in [0.4, 0.5) is 0 Å². The van der Waals surface area contributed by atoms with Gasteiger partial charge in [0, 0.05) is 30.0 Å². The number of aryl methyl sites for hydroxylation is 2. The maximum Gasteiger partial charge on any atom is 0.252 e. The van der Waals surface area contributed by atoms with E-state index in [9.17, 15) is 4.79 Å². The molecular weight excluding hydrogens is 306 g/mol. The van der Waals surface area contributed by atoms with Crippen LogP contribution in [0, 0.1) is 6.92 Å². The van der Waals surface area contributed by atoms with Crippen molar-refractivity contribution in [1.29, 1.82) is 0 Å². The zero-order valence-corrected chi connectivity index (χ0v) is 12.4. The van der Waals surface area contributed by atoms with E-state index >= 15 is 0 Å². The van der Waals surface area contributed by atoms with E-state index in [0.29, 0.717) is 12.1 Å². The van der Waals surface area contributed by atoms with Crippen LogP contribution in [0.5, 0.6) is 0 Å². The van der Waals surface area contributed by atoms with Gasteiger partial charge >= 0.3 is 0 Å². The van der Waals surface area contributed by atoms with Crippen LogP contribution < -0.4 is 5.32 Å². The Hall–Kier alpha value is -1.62. The van der Waals surface area contributed by atoms with Gasteiger partial charge in [-0.2, -0.15) is 5.10 Å². The Kier molecular flexibility index (Phi) is 4.74. The van der Waals surface area contributed by atoms with Gasteiger partial charge in [-0.1, -0.05) is 11.6 Å². The summed E-state index contributed by atoms with van der Waals surface area (Å²) in [6.45, 7) is 3.42. The average molecular weight is 322 g/mol. The van der Waals surface area contributed by atoms with Crippen molar-refractivity contribution in [2.45, 2.75) is 19.9 Å². The highest BCUT2D eigenvalue weighted by Gasteiger charge is 2.09. The van der Waals surface area contributed by atoms with Gasteiger partial charge < -0.3 is 5.32 Å². The molecule has 1 heterocycles. The first-order valence-corrected chi connectivity index (χ1v) is 6.98. The fourth-order valence-electron chi connectivity index (χ4n) is 1.78. The molecule has 0 spiro atoms. The molecule has 0 atom stereocenters. The largest absolute Gasteiger partial charge is 0.352 e. The van der Waals surface area contributed by atoms with E-state index in [1.54, 1.807) is 6.20 Å². The zero-order chi connectivity index (χ0) is 13.7. The Morgan fingerprint density at radius 3 is 3.05 bits per heavy atom. The standard InChI is InChI=1S/C14H16BrN3O/c1-11-4-5-13(15)12(10-11)14(19)16-6-2-8-18-9-3-7-17-18/h3-5,7,9-10H,2,6,8H2,1H3,(H,16,19). The van der Waals surface area contributed by atoms with Crippen LogP contribution in [0.1, 0.15) is 22.3 Å². The highest BCUT2D eigenvalue weighted by molar-refractivity contribution is 9.10. The van der Waals surface area contributed by atoms with E-state index in [1.807, 2.05) is 42.1 Å². The van der Waals surface area contributed by atoms with Crippen molar-refractivity contribution in [2.75, 3.05) is 6.54 Å². The number of carbonyl (C=O) groups excluding carboxylic acids is 1. The topological polar surface area (TPSA) is 46.9 Å². The smallest absolute Gasteiger partial charge is 0.252 e. The molecule has 0 aliphatic rings. The first kappa shape index (κ1) is 13.8. The molecule has 5 heteroatoms. The van der Waals surface area contributed by atoms with Crippen LogP contribution in [-0.2, 0) is 6.54 Å². The molecule has 0 fully saturated rings. The lowest BCUT2D eigenvalue weighted by molar-refractivity contribution is 0.0951. The number of hydrogen-bond acceptors (Lipinski definition) is 2. The van der Waals surface area contributed by atoms with Crippen LogP contribution in [0.2, 0.25) is 0 Å². The number of nitrogens with zero attached hydrogens (tertiary/aromatic N) is 2.